The minimum absolute atomic E-state index is 0.144. The van der Waals surface area contributed by atoms with Crippen LogP contribution in [0.3, 0.4) is 0 Å². The maximum absolute atomic E-state index is 13.6. The van der Waals surface area contributed by atoms with Crippen molar-refractivity contribution in [2.24, 2.45) is 4.99 Å². The summed E-state index contributed by atoms with van der Waals surface area (Å²) in [6.07, 6.45) is 0.159. The van der Waals surface area contributed by atoms with Gasteiger partial charge in [-0.3, -0.25) is 10.1 Å². The largest absolute Gasteiger partial charge is 0.485 e. The van der Waals surface area contributed by atoms with E-state index < -0.39 is 17.9 Å². The van der Waals surface area contributed by atoms with Crippen molar-refractivity contribution in [3.63, 3.8) is 0 Å². The summed E-state index contributed by atoms with van der Waals surface area (Å²) in [4.78, 5) is 8.60. The number of halogens is 4. The van der Waals surface area contributed by atoms with Gasteiger partial charge in [0.1, 0.15) is 18.0 Å². The first-order valence-corrected chi connectivity index (χ1v) is 10.6. The van der Waals surface area contributed by atoms with Crippen LogP contribution in [0.5, 0.6) is 5.75 Å². The average molecular weight is 469 g/mol. The van der Waals surface area contributed by atoms with Gasteiger partial charge in [-0.05, 0) is 48.5 Å². The van der Waals surface area contributed by atoms with Crippen LogP contribution >= 0.6 is 0 Å². The first-order chi connectivity index (χ1) is 16.3. The number of allylic oxidation sites excluding steroid dienone is 2. The molecular weight excluding hydrogens is 450 g/mol. The highest BCUT2D eigenvalue weighted by Crippen LogP contribution is 2.32. The lowest BCUT2D eigenvalue weighted by molar-refractivity contribution is -0.137. The Bertz CT molecular complexity index is 1280. The number of rotatable bonds is 5. The van der Waals surface area contributed by atoms with E-state index in [-0.39, 0.29) is 24.2 Å². The smallest absolute Gasteiger partial charge is 0.416 e. The molecule has 34 heavy (non-hydrogen) atoms. The number of anilines is 2. The van der Waals surface area contributed by atoms with Crippen LogP contribution in [0.1, 0.15) is 18.4 Å². The Balaban J connectivity index is 1.26. The Labute approximate surface area is 192 Å². The summed E-state index contributed by atoms with van der Waals surface area (Å²) < 4.78 is 58.4. The second-order valence-electron chi connectivity index (χ2n) is 7.87. The minimum Gasteiger partial charge on any atom is -0.485 e. The third-order valence-electron chi connectivity index (χ3n) is 5.46. The molecule has 1 aromatic heterocycles. The molecule has 6 nitrogen and oxygen atoms in total. The molecule has 0 fully saturated rings. The molecule has 0 radical (unpaired) electrons. The van der Waals surface area contributed by atoms with E-state index in [1.807, 2.05) is 0 Å². The van der Waals surface area contributed by atoms with Crippen LogP contribution < -0.4 is 10.1 Å². The molecule has 0 amide bonds. The third kappa shape index (κ3) is 4.70. The zero-order valence-corrected chi connectivity index (χ0v) is 17.7. The molecule has 2 unspecified atom stereocenters. The first kappa shape index (κ1) is 21.9. The molecule has 2 atom stereocenters. The number of nitrogens with one attached hydrogen (secondary N) is 2. The zero-order valence-electron chi connectivity index (χ0n) is 17.7. The molecule has 1 aliphatic carbocycles. The molecule has 0 bridgehead atoms. The van der Waals surface area contributed by atoms with Crippen LogP contribution in [0.2, 0.25) is 0 Å². The van der Waals surface area contributed by atoms with Gasteiger partial charge in [-0.15, -0.1) is 5.10 Å². The molecule has 2 N–H and O–H groups in total. The normalized spacial score (nSPS) is 19.8. The van der Waals surface area contributed by atoms with E-state index in [9.17, 15) is 17.6 Å². The third-order valence-corrected chi connectivity index (χ3v) is 5.46. The second-order valence-corrected chi connectivity index (χ2v) is 7.87. The van der Waals surface area contributed by atoms with Gasteiger partial charge in [0.2, 0.25) is 5.95 Å². The van der Waals surface area contributed by atoms with Crippen LogP contribution in [0.4, 0.5) is 29.2 Å². The van der Waals surface area contributed by atoms with Crippen molar-refractivity contribution in [3.05, 3.63) is 77.5 Å². The Kier molecular flexibility index (Phi) is 5.64. The predicted octanol–water partition coefficient (Wildman–Crippen LogP) is 6.01. The SMILES string of the molecule is FC1C=CC2=C(C1)N=CCC2Oc1ccc(-c2nc(Nc3cccc(C(F)(F)F)c3)n[nH]2)cc1. The van der Waals surface area contributed by atoms with Gasteiger partial charge < -0.3 is 10.1 Å². The molecule has 5 rings (SSSR count). The number of H-pyrrole nitrogens is 1. The highest BCUT2D eigenvalue weighted by Gasteiger charge is 2.30. The van der Waals surface area contributed by atoms with E-state index >= 15 is 0 Å². The number of alkyl halides is 4. The lowest BCUT2D eigenvalue weighted by Crippen LogP contribution is -2.25. The van der Waals surface area contributed by atoms with E-state index in [0.717, 1.165) is 23.3 Å². The van der Waals surface area contributed by atoms with Crippen molar-refractivity contribution in [3.8, 4) is 17.1 Å². The fourth-order valence-electron chi connectivity index (χ4n) is 3.80. The predicted molar refractivity (Wildman–Crippen MR) is 120 cm³/mol. The average Bonchev–Trinajstić information content (AvgIpc) is 3.27. The first-order valence-electron chi connectivity index (χ1n) is 10.6. The highest BCUT2D eigenvalue weighted by molar-refractivity contribution is 5.65. The van der Waals surface area contributed by atoms with Gasteiger partial charge >= 0.3 is 6.18 Å². The summed E-state index contributed by atoms with van der Waals surface area (Å²) in [6, 6.07) is 12.0. The molecule has 1 aliphatic heterocycles. The Morgan fingerprint density at radius 1 is 1.09 bits per heavy atom. The van der Waals surface area contributed by atoms with Gasteiger partial charge in [0, 0.05) is 35.9 Å². The van der Waals surface area contributed by atoms with Gasteiger partial charge in [-0.25, -0.2) is 4.39 Å². The van der Waals surface area contributed by atoms with Gasteiger partial charge in [0.25, 0.3) is 0 Å². The molecule has 0 spiro atoms. The zero-order chi connectivity index (χ0) is 23.7. The van der Waals surface area contributed by atoms with E-state index in [2.05, 4.69) is 25.5 Å². The van der Waals surface area contributed by atoms with Crippen LogP contribution in [0, 0.1) is 0 Å². The van der Waals surface area contributed by atoms with E-state index in [1.54, 1.807) is 36.6 Å². The van der Waals surface area contributed by atoms with Gasteiger partial charge in [-0.2, -0.15) is 18.2 Å². The minimum atomic E-state index is -4.43. The standard InChI is InChI=1S/C24H19F4N5O/c25-16-6-9-19-20(13-16)29-11-10-21(19)34-18-7-4-14(5-8-18)22-31-23(33-32-22)30-17-3-1-2-15(12-17)24(26,27)28/h1-9,11-12,16,21H,10,13H2,(H2,30,31,32,33). The van der Waals surface area contributed by atoms with E-state index in [0.29, 0.717) is 23.7 Å². The number of nitrogens with zero attached hydrogens (tertiary/aromatic N) is 3. The monoisotopic (exact) mass is 469 g/mol. The fraction of sp³-hybridized carbons (Fsp3) is 0.208. The number of aromatic nitrogens is 3. The highest BCUT2D eigenvalue weighted by atomic mass is 19.4. The van der Waals surface area contributed by atoms with Crippen LogP contribution in [0.15, 0.2) is 76.9 Å². The summed E-state index contributed by atoms with van der Waals surface area (Å²) in [5.41, 5.74) is 1.79. The second kappa shape index (κ2) is 8.77. The van der Waals surface area contributed by atoms with Crippen molar-refractivity contribution in [2.75, 3.05) is 5.32 Å². The Morgan fingerprint density at radius 3 is 2.71 bits per heavy atom. The van der Waals surface area contributed by atoms with Gasteiger partial charge in [0.05, 0.1) is 11.3 Å². The summed E-state index contributed by atoms with van der Waals surface area (Å²) in [5.74, 6) is 1.22. The topological polar surface area (TPSA) is 75.2 Å². The molecule has 0 saturated heterocycles. The van der Waals surface area contributed by atoms with Gasteiger partial charge in [-0.1, -0.05) is 12.1 Å². The van der Waals surface area contributed by atoms with E-state index in [1.165, 1.54) is 18.2 Å². The number of benzene rings is 2. The van der Waals surface area contributed by atoms with Crippen LogP contribution in [0.25, 0.3) is 11.4 Å². The van der Waals surface area contributed by atoms with Crippen molar-refractivity contribution in [1.82, 2.24) is 15.2 Å². The number of aromatic amines is 1. The summed E-state index contributed by atoms with van der Waals surface area (Å²) in [7, 11) is 0. The van der Waals surface area contributed by atoms with Gasteiger partial charge in [0.15, 0.2) is 5.82 Å². The molecule has 0 saturated carbocycles. The molecule has 2 aromatic carbocycles. The Hall–Kier alpha value is -3.95. The molecule has 2 heterocycles. The van der Waals surface area contributed by atoms with Crippen molar-refractivity contribution in [1.29, 1.82) is 0 Å². The number of ether oxygens (including phenoxy) is 1. The van der Waals surface area contributed by atoms with Crippen LogP contribution in [-0.4, -0.2) is 33.7 Å². The number of aliphatic imine (C=N–C) groups is 1. The molecule has 2 aliphatic rings. The maximum atomic E-state index is 13.6. The fourth-order valence-corrected chi connectivity index (χ4v) is 3.80. The molecule has 174 valence electrons. The molecular formula is C24H19F4N5O. The van der Waals surface area contributed by atoms with Crippen molar-refractivity contribution >= 4 is 17.9 Å². The quantitative estimate of drug-likeness (QED) is 0.449. The lowest BCUT2D eigenvalue weighted by atomic mass is 9.94. The van der Waals surface area contributed by atoms with E-state index in [4.69, 9.17) is 4.74 Å². The summed E-state index contributed by atoms with van der Waals surface area (Å²) >= 11 is 0. The van der Waals surface area contributed by atoms with Crippen LogP contribution in [-0.2, 0) is 6.18 Å². The summed E-state index contributed by atoms with van der Waals surface area (Å²) in [6.45, 7) is 0. The molecule has 3 aromatic rings. The lowest BCUT2D eigenvalue weighted by Gasteiger charge is -2.26. The number of hydrogen-bond donors (Lipinski definition) is 2. The van der Waals surface area contributed by atoms with Crippen molar-refractivity contribution in [2.45, 2.75) is 31.3 Å². The maximum Gasteiger partial charge on any atom is 0.416 e. The number of hydrogen-bond acceptors (Lipinski definition) is 5. The van der Waals surface area contributed by atoms with Crippen molar-refractivity contribution < 1.29 is 22.3 Å². The Morgan fingerprint density at radius 2 is 1.91 bits per heavy atom. The summed E-state index contributed by atoms with van der Waals surface area (Å²) in [5, 5.41) is 9.57. The molecule has 10 heteroatoms.